The molecular formula is C20H16N4O. The van der Waals surface area contributed by atoms with E-state index in [2.05, 4.69) is 15.6 Å². The zero-order valence-electron chi connectivity index (χ0n) is 13.4. The highest BCUT2D eigenvalue weighted by atomic mass is 16.3. The minimum Gasteiger partial charge on any atom is -0.369 e. The van der Waals surface area contributed by atoms with E-state index in [1.807, 2.05) is 54.7 Å². The Morgan fingerprint density at radius 2 is 1.92 bits per heavy atom. The SMILES string of the molecule is N#Cc1ccc(Cn2cc(C(O)n3ccnc3)c3ccccc32)cc1. The molecule has 1 unspecified atom stereocenters. The maximum absolute atomic E-state index is 10.7. The van der Waals surface area contributed by atoms with E-state index in [4.69, 9.17) is 5.26 Å². The second-order valence-electron chi connectivity index (χ2n) is 5.92. The Balaban J connectivity index is 1.75. The fourth-order valence-electron chi connectivity index (χ4n) is 3.07. The average Bonchev–Trinajstić information content (AvgIpc) is 3.31. The van der Waals surface area contributed by atoms with Crippen LogP contribution in [-0.2, 0) is 6.54 Å². The maximum Gasteiger partial charge on any atom is 0.159 e. The lowest BCUT2D eigenvalue weighted by molar-refractivity contribution is 0.147. The molecule has 1 atom stereocenters. The van der Waals surface area contributed by atoms with Crippen LogP contribution in [0.5, 0.6) is 0 Å². The molecule has 2 aromatic carbocycles. The van der Waals surface area contributed by atoms with Crippen LogP contribution in [-0.4, -0.2) is 19.2 Å². The standard InChI is InChI=1S/C20H16N4O/c21-11-15-5-7-16(8-6-15)12-24-13-18(17-3-1-2-4-19(17)24)20(25)23-10-9-22-14-23/h1-10,13-14,20,25H,12H2. The number of aromatic nitrogens is 3. The van der Waals surface area contributed by atoms with Gasteiger partial charge < -0.3 is 14.2 Å². The van der Waals surface area contributed by atoms with Crippen LogP contribution in [0.25, 0.3) is 10.9 Å². The van der Waals surface area contributed by atoms with Crippen molar-refractivity contribution in [3.63, 3.8) is 0 Å². The fourth-order valence-corrected chi connectivity index (χ4v) is 3.07. The molecule has 122 valence electrons. The molecule has 25 heavy (non-hydrogen) atoms. The van der Waals surface area contributed by atoms with E-state index in [-0.39, 0.29) is 0 Å². The molecule has 4 rings (SSSR count). The van der Waals surface area contributed by atoms with Crippen molar-refractivity contribution in [2.75, 3.05) is 0 Å². The van der Waals surface area contributed by atoms with Gasteiger partial charge >= 0.3 is 0 Å². The summed E-state index contributed by atoms with van der Waals surface area (Å²) in [5.41, 5.74) is 3.64. The third kappa shape index (κ3) is 2.80. The number of benzene rings is 2. The number of hydrogen-bond donors (Lipinski definition) is 1. The minimum absolute atomic E-state index is 0.650. The number of aliphatic hydroxyl groups is 1. The molecule has 0 spiro atoms. The normalized spacial score (nSPS) is 12.2. The summed E-state index contributed by atoms with van der Waals surface area (Å²) >= 11 is 0. The molecular weight excluding hydrogens is 312 g/mol. The quantitative estimate of drug-likeness (QED) is 0.625. The number of para-hydroxylation sites is 1. The van der Waals surface area contributed by atoms with Crippen molar-refractivity contribution >= 4 is 10.9 Å². The van der Waals surface area contributed by atoms with Gasteiger partial charge in [-0.3, -0.25) is 0 Å². The van der Waals surface area contributed by atoms with Crippen molar-refractivity contribution in [3.05, 3.63) is 90.1 Å². The second kappa shape index (κ2) is 6.27. The molecule has 2 heterocycles. The molecule has 0 bridgehead atoms. The van der Waals surface area contributed by atoms with Crippen LogP contribution in [0.3, 0.4) is 0 Å². The molecule has 0 saturated heterocycles. The zero-order chi connectivity index (χ0) is 17.2. The summed E-state index contributed by atoms with van der Waals surface area (Å²) in [6.07, 6.45) is 6.20. The summed E-state index contributed by atoms with van der Waals surface area (Å²) in [6.45, 7) is 0.670. The predicted octanol–water partition coefficient (Wildman–Crippen LogP) is 3.30. The first-order valence-electron chi connectivity index (χ1n) is 7.98. The van der Waals surface area contributed by atoms with E-state index in [0.717, 1.165) is 22.0 Å². The molecule has 0 radical (unpaired) electrons. The van der Waals surface area contributed by atoms with E-state index in [9.17, 15) is 5.11 Å². The Labute approximate surface area is 145 Å². The largest absolute Gasteiger partial charge is 0.369 e. The lowest BCUT2D eigenvalue weighted by atomic mass is 10.1. The maximum atomic E-state index is 10.7. The van der Waals surface area contributed by atoms with Gasteiger partial charge in [0.2, 0.25) is 0 Å². The van der Waals surface area contributed by atoms with E-state index in [0.29, 0.717) is 12.1 Å². The van der Waals surface area contributed by atoms with Crippen molar-refractivity contribution < 1.29 is 5.11 Å². The van der Waals surface area contributed by atoms with Gasteiger partial charge in [0.25, 0.3) is 0 Å². The smallest absolute Gasteiger partial charge is 0.159 e. The molecule has 0 amide bonds. The first-order valence-corrected chi connectivity index (χ1v) is 7.98. The molecule has 0 aliphatic heterocycles. The van der Waals surface area contributed by atoms with Gasteiger partial charge in [-0.15, -0.1) is 0 Å². The van der Waals surface area contributed by atoms with Gasteiger partial charge in [0, 0.05) is 41.6 Å². The lowest BCUT2D eigenvalue weighted by Gasteiger charge is -2.10. The van der Waals surface area contributed by atoms with Gasteiger partial charge in [0.05, 0.1) is 18.0 Å². The molecule has 0 aliphatic rings. The first kappa shape index (κ1) is 15.2. The van der Waals surface area contributed by atoms with E-state index in [1.54, 1.807) is 23.3 Å². The lowest BCUT2D eigenvalue weighted by Crippen LogP contribution is -2.07. The number of rotatable bonds is 4. The predicted molar refractivity (Wildman–Crippen MR) is 94.8 cm³/mol. The van der Waals surface area contributed by atoms with E-state index < -0.39 is 6.23 Å². The summed E-state index contributed by atoms with van der Waals surface area (Å²) in [5, 5.41) is 20.6. The third-order valence-corrected chi connectivity index (χ3v) is 4.34. The van der Waals surface area contributed by atoms with Crippen LogP contribution in [0.15, 0.2) is 73.4 Å². The number of nitrogens with zero attached hydrogens (tertiary/aromatic N) is 4. The molecule has 5 nitrogen and oxygen atoms in total. The van der Waals surface area contributed by atoms with Crippen molar-refractivity contribution in [2.24, 2.45) is 0 Å². The average molecular weight is 328 g/mol. The molecule has 4 aromatic rings. The van der Waals surface area contributed by atoms with Crippen LogP contribution >= 0.6 is 0 Å². The molecule has 0 saturated carbocycles. The summed E-state index contributed by atoms with van der Waals surface area (Å²) in [7, 11) is 0. The zero-order valence-corrected chi connectivity index (χ0v) is 13.4. The van der Waals surface area contributed by atoms with Gasteiger partial charge in [-0.2, -0.15) is 5.26 Å². The summed E-state index contributed by atoms with van der Waals surface area (Å²) in [6, 6.07) is 17.7. The number of imidazole rings is 1. The number of hydrogen-bond acceptors (Lipinski definition) is 3. The highest BCUT2D eigenvalue weighted by Crippen LogP contribution is 2.28. The van der Waals surface area contributed by atoms with Crippen molar-refractivity contribution in [1.82, 2.24) is 14.1 Å². The Morgan fingerprint density at radius 3 is 2.64 bits per heavy atom. The van der Waals surface area contributed by atoms with Gasteiger partial charge in [-0.1, -0.05) is 30.3 Å². The second-order valence-corrected chi connectivity index (χ2v) is 5.92. The summed E-state index contributed by atoms with van der Waals surface area (Å²) in [4.78, 5) is 4.01. The Morgan fingerprint density at radius 1 is 1.12 bits per heavy atom. The first-order chi connectivity index (χ1) is 12.3. The molecule has 2 aromatic heterocycles. The van der Waals surface area contributed by atoms with Gasteiger partial charge in [0.15, 0.2) is 6.23 Å². The molecule has 0 aliphatic carbocycles. The summed E-state index contributed by atoms with van der Waals surface area (Å²) < 4.78 is 3.79. The van der Waals surface area contributed by atoms with Crippen molar-refractivity contribution in [1.29, 1.82) is 5.26 Å². The van der Waals surface area contributed by atoms with Gasteiger partial charge in [-0.05, 0) is 23.8 Å². The molecule has 1 N–H and O–H groups in total. The Bertz CT molecular complexity index is 1040. The van der Waals surface area contributed by atoms with E-state index in [1.165, 1.54) is 0 Å². The molecule has 0 fully saturated rings. The topological polar surface area (TPSA) is 66.8 Å². The summed E-state index contributed by atoms with van der Waals surface area (Å²) in [5.74, 6) is 0. The highest BCUT2D eigenvalue weighted by molar-refractivity contribution is 5.84. The van der Waals surface area contributed by atoms with Crippen LogP contribution < -0.4 is 0 Å². The minimum atomic E-state index is -0.783. The highest BCUT2D eigenvalue weighted by Gasteiger charge is 2.16. The van der Waals surface area contributed by atoms with Gasteiger partial charge in [-0.25, -0.2) is 4.98 Å². The van der Waals surface area contributed by atoms with Gasteiger partial charge in [0.1, 0.15) is 0 Å². The monoisotopic (exact) mass is 328 g/mol. The Kier molecular flexibility index (Phi) is 3.81. The van der Waals surface area contributed by atoms with Crippen molar-refractivity contribution in [3.8, 4) is 6.07 Å². The molecule has 5 heteroatoms. The number of aliphatic hydroxyl groups excluding tert-OH is 1. The number of fused-ring (bicyclic) bond motifs is 1. The third-order valence-electron chi connectivity index (χ3n) is 4.34. The van der Waals surface area contributed by atoms with E-state index >= 15 is 0 Å². The van der Waals surface area contributed by atoms with Crippen LogP contribution in [0.4, 0.5) is 0 Å². The van der Waals surface area contributed by atoms with Crippen molar-refractivity contribution in [2.45, 2.75) is 12.8 Å². The Hall–Kier alpha value is -3.36. The van der Waals surface area contributed by atoms with Crippen LogP contribution in [0, 0.1) is 11.3 Å². The van der Waals surface area contributed by atoms with Crippen LogP contribution in [0.2, 0.25) is 0 Å². The number of nitriles is 1. The van der Waals surface area contributed by atoms with Crippen LogP contribution in [0.1, 0.15) is 22.9 Å². The fraction of sp³-hybridized carbons (Fsp3) is 0.100.